The van der Waals surface area contributed by atoms with Gasteiger partial charge in [-0.15, -0.1) is 0 Å². The van der Waals surface area contributed by atoms with E-state index in [9.17, 15) is 9.18 Å². The van der Waals surface area contributed by atoms with Crippen molar-refractivity contribution in [1.82, 2.24) is 20.2 Å². The molecule has 9 heteroatoms. The van der Waals surface area contributed by atoms with Crippen molar-refractivity contribution in [1.29, 1.82) is 0 Å². The zero-order valence-electron chi connectivity index (χ0n) is 14.4. The molecule has 1 aliphatic heterocycles. The van der Waals surface area contributed by atoms with E-state index in [4.69, 9.17) is 16.3 Å². The summed E-state index contributed by atoms with van der Waals surface area (Å²) in [6, 6.07) is 4.34. The Hall–Kier alpha value is -3.00. The quantitative estimate of drug-likeness (QED) is 0.743. The summed E-state index contributed by atoms with van der Waals surface area (Å²) >= 11 is 6.11. The molecule has 27 heavy (non-hydrogen) atoms. The predicted octanol–water partition coefficient (Wildman–Crippen LogP) is 3.02. The van der Waals surface area contributed by atoms with Gasteiger partial charge in [0.15, 0.2) is 0 Å². The number of anilines is 1. The molecule has 7 nitrogen and oxygen atoms in total. The van der Waals surface area contributed by atoms with Gasteiger partial charge in [0, 0.05) is 12.1 Å². The van der Waals surface area contributed by atoms with Crippen LogP contribution in [0.25, 0.3) is 0 Å². The molecule has 0 radical (unpaired) electrons. The van der Waals surface area contributed by atoms with Crippen molar-refractivity contribution in [3.63, 3.8) is 0 Å². The maximum atomic E-state index is 13.3. The Kier molecular flexibility index (Phi) is 4.49. The summed E-state index contributed by atoms with van der Waals surface area (Å²) in [7, 11) is 0. The summed E-state index contributed by atoms with van der Waals surface area (Å²) in [4.78, 5) is 22.2. The standard InChI is InChI=1S/C18H15ClFN5O2/c1-10-6-11(20)2-3-15(10)27-18-12-4-5-25(8-13(12)21-9-22-18)14-7-23-24-17(26)16(14)19/h2-3,6-7,9H,4-5,8H2,1H3,(H,24,26). The molecule has 0 spiro atoms. The van der Waals surface area contributed by atoms with E-state index in [2.05, 4.69) is 20.2 Å². The van der Waals surface area contributed by atoms with Crippen molar-refractivity contribution >= 4 is 17.3 Å². The first-order valence-corrected chi connectivity index (χ1v) is 8.65. The van der Waals surface area contributed by atoms with Gasteiger partial charge in [0.25, 0.3) is 5.56 Å². The molecule has 0 aliphatic carbocycles. The minimum absolute atomic E-state index is 0.0981. The summed E-state index contributed by atoms with van der Waals surface area (Å²) in [6.45, 7) is 2.82. The third-order valence-corrected chi connectivity index (χ3v) is 4.79. The molecular weight excluding hydrogens is 373 g/mol. The number of aromatic amines is 1. The van der Waals surface area contributed by atoms with Gasteiger partial charge in [-0.25, -0.2) is 19.5 Å². The summed E-state index contributed by atoms with van der Waals surface area (Å²) in [5.74, 6) is 0.676. The number of fused-ring (bicyclic) bond motifs is 1. The summed E-state index contributed by atoms with van der Waals surface area (Å²) in [5, 5.41) is 6.22. The number of hydrogen-bond acceptors (Lipinski definition) is 6. The van der Waals surface area contributed by atoms with Crippen molar-refractivity contribution < 1.29 is 9.13 Å². The van der Waals surface area contributed by atoms with Crippen LogP contribution in [0.2, 0.25) is 5.02 Å². The van der Waals surface area contributed by atoms with E-state index in [1.807, 2.05) is 4.90 Å². The van der Waals surface area contributed by atoms with Crippen LogP contribution in [0, 0.1) is 12.7 Å². The zero-order valence-corrected chi connectivity index (χ0v) is 15.1. The summed E-state index contributed by atoms with van der Waals surface area (Å²) in [5.41, 5.74) is 2.47. The van der Waals surface area contributed by atoms with E-state index in [0.717, 1.165) is 11.3 Å². The molecule has 3 heterocycles. The van der Waals surface area contributed by atoms with Crippen LogP contribution in [0.15, 0.2) is 35.5 Å². The van der Waals surface area contributed by atoms with E-state index < -0.39 is 5.56 Å². The Morgan fingerprint density at radius 1 is 1.33 bits per heavy atom. The zero-order chi connectivity index (χ0) is 19.0. The Morgan fingerprint density at radius 2 is 2.19 bits per heavy atom. The van der Waals surface area contributed by atoms with Crippen LogP contribution in [-0.4, -0.2) is 26.7 Å². The fourth-order valence-corrected chi connectivity index (χ4v) is 3.25. The number of ether oxygens (including phenoxy) is 1. The van der Waals surface area contributed by atoms with Gasteiger partial charge in [-0.05, 0) is 37.1 Å². The van der Waals surface area contributed by atoms with Crippen LogP contribution < -0.4 is 15.2 Å². The number of rotatable bonds is 3. The Balaban J connectivity index is 1.63. The molecule has 0 bridgehead atoms. The van der Waals surface area contributed by atoms with E-state index in [-0.39, 0.29) is 10.8 Å². The van der Waals surface area contributed by atoms with Gasteiger partial charge in [0.2, 0.25) is 5.88 Å². The fourth-order valence-electron chi connectivity index (χ4n) is 3.04. The minimum Gasteiger partial charge on any atom is -0.438 e. The van der Waals surface area contributed by atoms with Gasteiger partial charge < -0.3 is 9.64 Å². The van der Waals surface area contributed by atoms with E-state index >= 15 is 0 Å². The van der Waals surface area contributed by atoms with Crippen LogP contribution in [0.3, 0.4) is 0 Å². The molecular formula is C18H15ClFN5O2. The topological polar surface area (TPSA) is 84.0 Å². The SMILES string of the molecule is Cc1cc(F)ccc1Oc1ncnc2c1CCN(c1cn[nH]c(=O)c1Cl)C2. The molecule has 0 saturated carbocycles. The third-order valence-electron chi connectivity index (χ3n) is 4.43. The normalized spacial score (nSPS) is 13.4. The van der Waals surface area contributed by atoms with Crippen molar-refractivity contribution in [3.05, 3.63) is 68.7 Å². The molecule has 4 rings (SSSR count). The number of aromatic nitrogens is 4. The van der Waals surface area contributed by atoms with Crippen molar-refractivity contribution in [2.24, 2.45) is 0 Å². The average Bonchev–Trinajstić information content (AvgIpc) is 2.66. The van der Waals surface area contributed by atoms with Crippen LogP contribution >= 0.6 is 11.6 Å². The molecule has 3 aromatic rings. The highest BCUT2D eigenvalue weighted by molar-refractivity contribution is 6.32. The van der Waals surface area contributed by atoms with Crippen molar-refractivity contribution in [3.8, 4) is 11.6 Å². The maximum absolute atomic E-state index is 13.3. The molecule has 0 unspecified atom stereocenters. The van der Waals surface area contributed by atoms with Crippen LogP contribution in [0.4, 0.5) is 10.1 Å². The van der Waals surface area contributed by atoms with Gasteiger partial charge in [-0.3, -0.25) is 4.79 Å². The second-order valence-corrected chi connectivity index (χ2v) is 6.56. The van der Waals surface area contributed by atoms with Gasteiger partial charge in [0.05, 0.1) is 24.1 Å². The highest BCUT2D eigenvalue weighted by Gasteiger charge is 2.24. The third kappa shape index (κ3) is 3.35. The largest absolute Gasteiger partial charge is 0.438 e. The molecule has 138 valence electrons. The highest BCUT2D eigenvalue weighted by Crippen LogP contribution is 2.32. The second-order valence-electron chi connectivity index (χ2n) is 6.19. The van der Waals surface area contributed by atoms with Gasteiger partial charge in [0.1, 0.15) is 22.9 Å². The van der Waals surface area contributed by atoms with Gasteiger partial charge >= 0.3 is 0 Å². The van der Waals surface area contributed by atoms with Crippen molar-refractivity contribution in [2.75, 3.05) is 11.4 Å². The minimum atomic E-state index is -0.432. The molecule has 1 aromatic carbocycles. The maximum Gasteiger partial charge on any atom is 0.285 e. The average molecular weight is 388 g/mol. The number of halogens is 2. The lowest BCUT2D eigenvalue weighted by molar-refractivity contribution is 0.444. The monoisotopic (exact) mass is 387 g/mol. The summed E-state index contributed by atoms with van der Waals surface area (Å²) in [6.07, 6.45) is 3.55. The lowest BCUT2D eigenvalue weighted by Gasteiger charge is -2.30. The number of H-pyrrole nitrogens is 1. The first-order chi connectivity index (χ1) is 13.0. The van der Waals surface area contributed by atoms with E-state index in [1.54, 1.807) is 13.0 Å². The van der Waals surface area contributed by atoms with E-state index in [1.165, 1.54) is 24.7 Å². The molecule has 1 N–H and O–H groups in total. The number of nitrogens with one attached hydrogen (secondary N) is 1. The molecule has 0 amide bonds. The van der Waals surface area contributed by atoms with Crippen LogP contribution in [-0.2, 0) is 13.0 Å². The Morgan fingerprint density at radius 3 is 3.00 bits per heavy atom. The summed E-state index contributed by atoms with van der Waals surface area (Å²) < 4.78 is 19.2. The predicted molar refractivity (Wildman–Crippen MR) is 97.9 cm³/mol. The van der Waals surface area contributed by atoms with Gasteiger partial charge in [-0.1, -0.05) is 11.6 Å². The fraction of sp³-hybridized carbons (Fsp3) is 0.222. The first-order valence-electron chi connectivity index (χ1n) is 8.28. The number of nitrogens with zero attached hydrogens (tertiary/aromatic N) is 4. The lowest BCUT2D eigenvalue weighted by Crippen LogP contribution is -2.33. The van der Waals surface area contributed by atoms with E-state index in [0.29, 0.717) is 42.4 Å². The van der Waals surface area contributed by atoms with Gasteiger partial charge in [-0.2, -0.15) is 5.10 Å². The molecule has 0 saturated heterocycles. The number of hydrogen-bond donors (Lipinski definition) is 1. The second kappa shape index (κ2) is 6.96. The number of benzene rings is 1. The van der Waals surface area contributed by atoms with Crippen LogP contribution in [0.5, 0.6) is 11.6 Å². The molecule has 0 atom stereocenters. The van der Waals surface area contributed by atoms with Crippen molar-refractivity contribution in [2.45, 2.75) is 19.9 Å². The Labute approximate surface area is 158 Å². The molecule has 1 aliphatic rings. The lowest BCUT2D eigenvalue weighted by atomic mass is 10.1. The molecule has 0 fully saturated rings. The van der Waals surface area contributed by atoms with Crippen LogP contribution in [0.1, 0.15) is 16.8 Å². The first kappa shape index (κ1) is 17.4. The molecule has 2 aromatic heterocycles. The number of aryl methyl sites for hydroxylation is 1. The Bertz CT molecular complexity index is 1070. The smallest absolute Gasteiger partial charge is 0.285 e. The highest BCUT2D eigenvalue weighted by atomic mass is 35.5.